The van der Waals surface area contributed by atoms with E-state index in [0.29, 0.717) is 0 Å². The van der Waals surface area contributed by atoms with E-state index in [1.807, 2.05) is 0 Å². The largest absolute Gasteiger partial charge is 0.0651 e. The lowest BCUT2D eigenvalue weighted by atomic mass is 9.63. The van der Waals surface area contributed by atoms with E-state index in [1.54, 1.807) is 0 Å². The molecule has 0 spiro atoms. The Bertz CT molecular complexity index is 424. The van der Waals surface area contributed by atoms with E-state index in [0.717, 1.165) is 76.9 Å². The maximum absolute atomic E-state index is 2.54. The van der Waals surface area contributed by atoms with Crippen molar-refractivity contribution in [1.82, 2.24) is 0 Å². The summed E-state index contributed by atoms with van der Waals surface area (Å²) in [5.74, 6) is 10.3. The van der Waals surface area contributed by atoms with Gasteiger partial charge >= 0.3 is 0 Å². The van der Waals surface area contributed by atoms with E-state index in [2.05, 4.69) is 104 Å². The van der Waals surface area contributed by atoms with Gasteiger partial charge in [0.1, 0.15) is 0 Å². The highest BCUT2D eigenvalue weighted by atomic mass is 14.4. The van der Waals surface area contributed by atoms with Crippen LogP contribution < -0.4 is 0 Å². The fraction of sp³-hybridized carbons (Fsp3) is 1.00. The van der Waals surface area contributed by atoms with E-state index in [4.69, 9.17) is 0 Å². The van der Waals surface area contributed by atoms with Crippen LogP contribution in [-0.4, -0.2) is 0 Å². The highest BCUT2D eigenvalue weighted by Crippen LogP contribution is 2.42. The molecule has 12 unspecified atom stereocenters. The van der Waals surface area contributed by atoms with Gasteiger partial charge in [-0.05, 0) is 76.9 Å². The van der Waals surface area contributed by atoms with Gasteiger partial charge in [-0.25, -0.2) is 0 Å². The zero-order valence-electron chi connectivity index (χ0n) is 23.2. The average molecular weight is 409 g/mol. The zero-order valence-corrected chi connectivity index (χ0v) is 23.2. The third kappa shape index (κ3) is 7.57. The maximum atomic E-state index is 2.54. The van der Waals surface area contributed by atoms with Crippen molar-refractivity contribution in [2.45, 2.75) is 110 Å². The lowest BCUT2D eigenvalue weighted by Gasteiger charge is -2.42. The summed E-state index contributed by atoms with van der Waals surface area (Å²) in [5.41, 5.74) is 0. The van der Waals surface area contributed by atoms with Crippen LogP contribution in [0.4, 0.5) is 0 Å². The molecule has 0 aliphatic carbocycles. The second-order valence-corrected chi connectivity index (χ2v) is 12.1. The molecule has 0 fully saturated rings. The van der Waals surface area contributed by atoms with Gasteiger partial charge in [0.2, 0.25) is 0 Å². The van der Waals surface area contributed by atoms with Crippen molar-refractivity contribution < 1.29 is 0 Å². The van der Waals surface area contributed by atoms with Crippen molar-refractivity contribution in [2.24, 2.45) is 76.9 Å². The number of hydrogen-bond donors (Lipinski definition) is 0. The molecule has 0 saturated heterocycles. The van der Waals surface area contributed by atoms with Crippen LogP contribution in [0.2, 0.25) is 0 Å². The quantitative estimate of drug-likeness (QED) is 0.284. The second kappa shape index (κ2) is 12.8. The molecular formula is C29H60. The summed E-state index contributed by atoms with van der Waals surface area (Å²) in [7, 11) is 0. The molecule has 0 radical (unpaired) electrons. The maximum Gasteiger partial charge on any atom is -0.0386 e. The average Bonchev–Trinajstić information content (AvgIpc) is 2.72. The fourth-order valence-electron chi connectivity index (χ4n) is 5.81. The predicted molar refractivity (Wildman–Crippen MR) is 135 cm³/mol. The third-order valence-electron chi connectivity index (χ3n) is 10.9. The molecule has 176 valence electrons. The van der Waals surface area contributed by atoms with Crippen LogP contribution in [0.15, 0.2) is 0 Å². The Morgan fingerprint density at radius 3 is 0.724 bits per heavy atom. The number of rotatable bonds is 13. The van der Waals surface area contributed by atoms with Crippen LogP contribution in [0.3, 0.4) is 0 Å². The van der Waals surface area contributed by atoms with E-state index >= 15 is 0 Å². The summed E-state index contributed by atoms with van der Waals surface area (Å²) in [4.78, 5) is 0. The Morgan fingerprint density at radius 2 is 0.517 bits per heavy atom. The van der Waals surface area contributed by atoms with Crippen molar-refractivity contribution in [1.29, 1.82) is 0 Å². The molecule has 0 aromatic carbocycles. The van der Waals surface area contributed by atoms with Crippen molar-refractivity contribution in [2.75, 3.05) is 0 Å². The molecule has 0 N–H and O–H groups in total. The summed E-state index contributed by atoms with van der Waals surface area (Å²) in [6.45, 7) is 37.2. The van der Waals surface area contributed by atoms with E-state index in [1.165, 1.54) is 6.42 Å². The topological polar surface area (TPSA) is 0 Å². The first-order chi connectivity index (χ1) is 13.2. The summed E-state index contributed by atoms with van der Waals surface area (Å²) in [6.07, 6.45) is 1.30. The van der Waals surface area contributed by atoms with Gasteiger partial charge in [0.05, 0.1) is 0 Å². The van der Waals surface area contributed by atoms with Gasteiger partial charge in [0, 0.05) is 0 Å². The predicted octanol–water partition coefficient (Wildman–Crippen LogP) is 9.69. The van der Waals surface area contributed by atoms with Crippen LogP contribution in [0, 0.1) is 76.9 Å². The Labute approximate surface area is 187 Å². The van der Waals surface area contributed by atoms with Crippen LogP contribution >= 0.6 is 0 Å². The summed E-state index contributed by atoms with van der Waals surface area (Å²) in [6, 6.07) is 0. The molecule has 0 heterocycles. The van der Waals surface area contributed by atoms with Gasteiger partial charge in [0.15, 0.2) is 0 Å². The monoisotopic (exact) mass is 408 g/mol. The molecular weight excluding hydrogens is 348 g/mol. The highest BCUT2D eigenvalue weighted by Gasteiger charge is 2.36. The van der Waals surface area contributed by atoms with Gasteiger partial charge in [-0.3, -0.25) is 0 Å². The van der Waals surface area contributed by atoms with Crippen LogP contribution in [0.5, 0.6) is 0 Å². The van der Waals surface area contributed by atoms with E-state index < -0.39 is 0 Å². The van der Waals surface area contributed by atoms with Crippen molar-refractivity contribution in [3.63, 3.8) is 0 Å². The normalized spacial score (nSPS) is 25.2. The first kappa shape index (κ1) is 29.0. The zero-order chi connectivity index (χ0) is 23.2. The Hall–Kier alpha value is 0. The highest BCUT2D eigenvalue weighted by molar-refractivity contribution is 4.84. The second-order valence-electron chi connectivity index (χ2n) is 12.1. The molecule has 12 atom stereocenters. The van der Waals surface area contributed by atoms with E-state index in [-0.39, 0.29) is 0 Å². The lowest BCUT2D eigenvalue weighted by molar-refractivity contribution is 0.0648. The Kier molecular flexibility index (Phi) is 12.8. The molecule has 0 bridgehead atoms. The Balaban J connectivity index is 5.13. The van der Waals surface area contributed by atoms with Gasteiger partial charge in [-0.1, -0.05) is 110 Å². The number of hydrogen-bond acceptors (Lipinski definition) is 0. The van der Waals surface area contributed by atoms with Crippen molar-refractivity contribution in [3.05, 3.63) is 0 Å². The summed E-state index contributed by atoms with van der Waals surface area (Å²) in [5, 5.41) is 0. The van der Waals surface area contributed by atoms with E-state index in [9.17, 15) is 0 Å². The smallest absolute Gasteiger partial charge is 0.0386 e. The molecule has 0 saturated carbocycles. The van der Waals surface area contributed by atoms with Crippen molar-refractivity contribution >= 4 is 0 Å². The molecule has 0 amide bonds. The van der Waals surface area contributed by atoms with Crippen molar-refractivity contribution in [3.8, 4) is 0 Å². The van der Waals surface area contributed by atoms with Crippen LogP contribution in [0.25, 0.3) is 0 Å². The summed E-state index contributed by atoms with van der Waals surface area (Å²) < 4.78 is 0. The molecule has 0 aromatic heterocycles. The van der Waals surface area contributed by atoms with Gasteiger partial charge < -0.3 is 0 Å². The van der Waals surface area contributed by atoms with Crippen LogP contribution in [-0.2, 0) is 0 Å². The molecule has 0 nitrogen and oxygen atoms in total. The summed E-state index contributed by atoms with van der Waals surface area (Å²) >= 11 is 0. The first-order valence-electron chi connectivity index (χ1n) is 13.2. The minimum absolute atomic E-state index is 0.776. The fourth-order valence-corrected chi connectivity index (χ4v) is 5.81. The Morgan fingerprint density at radius 1 is 0.310 bits per heavy atom. The molecule has 0 aromatic rings. The van der Waals surface area contributed by atoms with Crippen LogP contribution in [0.1, 0.15) is 110 Å². The standard InChI is InChI=1S/C29H60/c1-16-18(4)20(6)22(8)24(10)26(12)28(14)29(15)27(13)25(11)23(9)21(7)19(5)17(2)3/h17-29H,16H2,1-15H3. The van der Waals surface area contributed by atoms with Gasteiger partial charge in [-0.2, -0.15) is 0 Å². The molecule has 0 rings (SSSR count). The molecule has 29 heavy (non-hydrogen) atoms. The first-order valence-corrected chi connectivity index (χ1v) is 13.2. The van der Waals surface area contributed by atoms with Gasteiger partial charge in [0.25, 0.3) is 0 Å². The molecule has 0 heteroatoms. The minimum atomic E-state index is 0.776. The lowest BCUT2D eigenvalue weighted by Crippen LogP contribution is -2.36. The van der Waals surface area contributed by atoms with Gasteiger partial charge in [-0.15, -0.1) is 0 Å². The molecule has 0 aliphatic heterocycles. The third-order valence-corrected chi connectivity index (χ3v) is 10.9. The minimum Gasteiger partial charge on any atom is -0.0651 e. The SMILES string of the molecule is CCC(C)C(C)C(C)C(C)C(C)C(C)C(C)C(C)C(C)C(C)C(C)C(C)C(C)C. The molecule has 0 aliphatic rings.